The highest BCUT2D eigenvalue weighted by Gasteiger charge is 2.34. The molecule has 2 saturated heterocycles. The van der Waals surface area contributed by atoms with Gasteiger partial charge in [0.15, 0.2) is 0 Å². The Bertz CT molecular complexity index is 1330. The van der Waals surface area contributed by atoms with Gasteiger partial charge in [-0.05, 0) is 64.4 Å². The van der Waals surface area contributed by atoms with E-state index in [9.17, 15) is 14.4 Å². The molecule has 0 N–H and O–H groups in total. The van der Waals surface area contributed by atoms with Crippen molar-refractivity contribution in [2.75, 3.05) is 56.2 Å². The zero-order chi connectivity index (χ0) is 28.4. The Labute approximate surface area is 235 Å². The van der Waals surface area contributed by atoms with Gasteiger partial charge in [-0.3, -0.25) is 4.79 Å². The van der Waals surface area contributed by atoms with E-state index in [1.807, 2.05) is 19.9 Å². The third-order valence-corrected chi connectivity index (χ3v) is 8.55. The SMILES string of the molecule is C=CC(=O)N1CCN(c2nc(OCC3CCCN3C)nc3c2CCN(c2c(C)ccc(F)c2C)C3)CC1CC#N. The number of nitrogens with zero attached hydrogens (tertiary/aromatic N) is 7. The van der Waals surface area contributed by atoms with Crippen molar-refractivity contribution in [1.29, 1.82) is 5.26 Å². The number of ether oxygens (including phenoxy) is 1. The summed E-state index contributed by atoms with van der Waals surface area (Å²) >= 11 is 0. The Hall–Kier alpha value is -3.71. The lowest BCUT2D eigenvalue weighted by Gasteiger charge is -2.42. The number of aromatic nitrogens is 2. The van der Waals surface area contributed by atoms with Crippen LogP contribution in [-0.2, 0) is 17.8 Å². The lowest BCUT2D eigenvalue weighted by atomic mass is 10.00. The third-order valence-electron chi connectivity index (χ3n) is 8.55. The summed E-state index contributed by atoms with van der Waals surface area (Å²) in [5, 5.41) is 9.47. The summed E-state index contributed by atoms with van der Waals surface area (Å²) in [6.07, 6.45) is 4.46. The maximum Gasteiger partial charge on any atom is 0.318 e. The van der Waals surface area contributed by atoms with Gasteiger partial charge < -0.3 is 24.3 Å². The first-order valence-electron chi connectivity index (χ1n) is 14.1. The van der Waals surface area contributed by atoms with Crippen molar-refractivity contribution < 1.29 is 13.9 Å². The summed E-state index contributed by atoms with van der Waals surface area (Å²) in [5.74, 6) is 0.432. The second-order valence-corrected chi connectivity index (χ2v) is 11.0. The molecule has 0 bridgehead atoms. The number of fused-ring (bicyclic) bond motifs is 1. The van der Waals surface area contributed by atoms with Crippen molar-refractivity contribution in [1.82, 2.24) is 19.8 Å². The highest BCUT2D eigenvalue weighted by Crippen LogP contribution is 2.35. The lowest BCUT2D eigenvalue weighted by molar-refractivity contribution is -0.128. The molecule has 0 radical (unpaired) electrons. The van der Waals surface area contributed by atoms with Gasteiger partial charge in [0, 0.05) is 49.0 Å². The summed E-state index contributed by atoms with van der Waals surface area (Å²) in [6.45, 7) is 11.8. The van der Waals surface area contributed by atoms with Gasteiger partial charge in [0.05, 0.1) is 30.8 Å². The summed E-state index contributed by atoms with van der Waals surface area (Å²) in [7, 11) is 2.11. The van der Waals surface area contributed by atoms with Gasteiger partial charge in [-0.2, -0.15) is 15.2 Å². The van der Waals surface area contributed by atoms with E-state index in [4.69, 9.17) is 14.7 Å². The average Bonchev–Trinajstić information content (AvgIpc) is 3.37. The van der Waals surface area contributed by atoms with Crippen LogP contribution in [0.2, 0.25) is 0 Å². The topological polar surface area (TPSA) is 88.8 Å². The van der Waals surface area contributed by atoms with Gasteiger partial charge in [-0.25, -0.2) is 4.39 Å². The summed E-state index contributed by atoms with van der Waals surface area (Å²) in [6, 6.07) is 5.98. The molecule has 2 unspecified atom stereocenters. The monoisotopic (exact) mass is 547 g/mol. The Morgan fingerprint density at radius 2 is 2.02 bits per heavy atom. The van der Waals surface area contributed by atoms with E-state index in [2.05, 4.69) is 34.4 Å². The predicted molar refractivity (Wildman–Crippen MR) is 152 cm³/mol. The molecule has 2 aromatic rings. The van der Waals surface area contributed by atoms with E-state index < -0.39 is 0 Å². The van der Waals surface area contributed by atoms with Crippen molar-refractivity contribution in [2.45, 2.75) is 58.2 Å². The minimum Gasteiger partial charge on any atom is -0.462 e. The molecule has 3 aliphatic heterocycles. The van der Waals surface area contributed by atoms with Crippen molar-refractivity contribution >= 4 is 17.4 Å². The van der Waals surface area contributed by atoms with E-state index in [-0.39, 0.29) is 24.2 Å². The molecule has 1 amide bonds. The van der Waals surface area contributed by atoms with E-state index in [0.717, 1.165) is 47.7 Å². The molecule has 3 aliphatic rings. The number of hydrogen-bond acceptors (Lipinski definition) is 8. The minimum absolute atomic E-state index is 0.161. The van der Waals surface area contributed by atoms with Gasteiger partial charge in [0.1, 0.15) is 18.2 Å². The van der Waals surface area contributed by atoms with Crippen molar-refractivity contribution in [2.24, 2.45) is 0 Å². The second kappa shape index (κ2) is 11.8. The average molecular weight is 548 g/mol. The summed E-state index contributed by atoms with van der Waals surface area (Å²) in [4.78, 5) is 30.7. The van der Waals surface area contributed by atoms with Crippen LogP contribution in [-0.4, -0.2) is 84.1 Å². The summed E-state index contributed by atoms with van der Waals surface area (Å²) in [5.41, 5.74) is 4.50. The van der Waals surface area contributed by atoms with Crippen LogP contribution in [0.1, 0.15) is 41.6 Å². The van der Waals surface area contributed by atoms with E-state index >= 15 is 0 Å². The number of halogens is 1. The molecule has 0 aliphatic carbocycles. The number of hydrogen-bond donors (Lipinski definition) is 0. The highest BCUT2D eigenvalue weighted by atomic mass is 19.1. The first-order chi connectivity index (χ1) is 19.3. The molecule has 9 nitrogen and oxygen atoms in total. The molecular weight excluding hydrogens is 509 g/mol. The number of anilines is 2. The molecule has 0 spiro atoms. The highest BCUT2D eigenvalue weighted by molar-refractivity contribution is 5.87. The number of benzene rings is 1. The second-order valence-electron chi connectivity index (χ2n) is 11.0. The van der Waals surface area contributed by atoms with Gasteiger partial charge in [-0.1, -0.05) is 12.6 Å². The maximum atomic E-state index is 14.5. The number of carbonyl (C=O) groups is 1. The van der Waals surface area contributed by atoms with E-state index in [0.29, 0.717) is 63.4 Å². The zero-order valence-electron chi connectivity index (χ0n) is 23.7. The predicted octanol–water partition coefficient (Wildman–Crippen LogP) is 3.39. The fourth-order valence-corrected chi connectivity index (χ4v) is 6.30. The minimum atomic E-state index is -0.260. The molecular formula is C30H38FN7O2. The number of nitriles is 1. The smallest absolute Gasteiger partial charge is 0.318 e. The largest absolute Gasteiger partial charge is 0.462 e. The van der Waals surface area contributed by atoms with Crippen molar-refractivity contribution in [3.63, 3.8) is 0 Å². The van der Waals surface area contributed by atoms with E-state index in [1.54, 1.807) is 4.90 Å². The fraction of sp³-hybridized carbons (Fsp3) is 0.533. The van der Waals surface area contributed by atoms with Crippen LogP contribution in [0, 0.1) is 31.0 Å². The molecule has 5 rings (SSSR count). The molecule has 2 fully saturated rings. The number of rotatable bonds is 7. The molecule has 212 valence electrons. The molecule has 0 saturated carbocycles. The van der Waals surface area contributed by atoms with Crippen LogP contribution >= 0.6 is 0 Å². The Balaban J connectivity index is 1.48. The van der Waals surface area contributed by atoms with Gasteiger partial charge in [0.2, 0.25) is 5.91 Å². The summed E-state index contributed by atoms with van der Waals surface area (Å²) < 4.78 is 20.8. The Morgan fingerprint density at radius 1 is 1.20 bits per heavy atom. The lowest BCUT2D eigenvalue weighted by Crippen LogP contribution is -2.55. The molecule has 1 aromatic heterocycles. The first kappa shape index (κ1) is 27.8. The van der Waals surface area contributed by atoms with Crippen LogP contribution in [0.3, 0.4) is 0 Å². The Kier molecular flexibility index (Phi) is 8.22. The molecule has 4 heterocycles. The maximum absolute atomic E-state index is 14.5. The van der Waals surface area contributed by atoms with Crippen LogP contribution in [0.15, 0.2) is 24.8 Å². The molecule has 1 aromatic carbocycles. The van der Waals surface area contributed by atoms with Gasteiger partial charge in [0.25, 0.3) is 0 Å². The number of piperazine rings is 1. The van der Waals surface area contributed by atoms with Crippen LogP contribution < -0.4 is 14.5 Å². The van der Waals surface area contributed by atoms with Crippen LogP contribution in [0.5, 0.6) is 6.01 Å². The van der Waals surface area contributed by atoms with Crippen LogP contribution in [0.25, 0.3) is 0 Å². The molecule has 2 atom stereocenters. The number of aryl methyl sites for hydroxylation is 1. The van der Waals surface area contributed by atoms with Crippen LogP contribution in [0.4, 0.5) is 15.9 Å². The van der Waals surface area contributed by atoms with Crippen molar-refractivity contribution in [3.05, 3.63) is 53.0 Å². The number of likely N-dealkylation sites (N-methyl/N-ethyl adjacent to an activating group) is 1. The normalized spacial score (nSPS) is 21.2. The number of likely N-dealkylation sites (tertiary alicyclic amines) is 1. The molecule has 10 heteroatoms. The third kappa shape index (κ3) is 5.48. The van der Waals surface area contributed by atoms with Gasteiger partial charge >= 0.3 is 6.01 Å². The number of carbonyl (C=O) groups excluding carboxylic acids is 1. The first-order valence-corrected chi connectivity index (χ1v) is 14.1. The van der Waals surface area contributed by atoms with Crippen molar-refractivity contribution in [3.8, 4) is 12.1 Å². The standard InChI is InChI=1S/C30H38FN7O2/c1-5-27(39)38-16-15-37(17-22(38)10-12-32)29-24-11-14-36(28-20(2)8-9-25(31)21(28)3)18-26(24)33-30(34-29)40-19-23-7-6-13-35(23)4/h5,8-9,22-23H,1,6-7,10-11,13-19H2,2-4H3. The zero-order valence-corrected chi connectivity index (χ0v) is 23.7. The quantitative estimate of drug-likeness (QED) is 0.488. The van der Waals surface area contributed by atoms with E-state index in [1.165, 1.54) is 12.1 Å². The Morgan fingerprint density at radius 3 is 2.75 bits per heavy atom. The number of amides is 1. The molecule has 40 heavy (non-hydrogen) atoms. The fourth-order valence-electron chi connectivity index (χ4n) is 6.30. The van der Waals surface area contributed by atoms with Gasteiger partial charge in [-0.15, -0.1) is 0 Å².